The summed E-state index contributed by atoms with van der Waals surface area (Å²) in [5, 5.41) is 0. The summed E-state index contributed by atoms with van der Waals surface area (Å²) in [5.74, 6) is 0. The van der Waals surface area contributed by atoms with Crippen LogP contribution in [-0.2, 0) is 90.7 Å². The molecule has 0 heterocycles. The second-order valence-electron chi connectivity index (χ2n) is 0. The van der Waals surface area contributed by atoms with Gasteiger partial charge in [-0.2, -0.15) is 0 Å². The maximum absolute atomic E-state index is 0. The van der Waals surface area contributed by atoms with Crippen LogP contribution in [0.25, 0.3) is 0 Å². The molecule has 0 saturated carbocycles. The van der Waals surface area contributed by atoms with Crippen LogP contribution in [0.3, 0.4) is 0 Å². The standard InChI is InChI=1S/Mo.Nb.H4Si.W.Zr/h;;1H4;;. The van der Waals surface area contributed by atoms with Gasteiger partial charge in [0.15, 0.2) is 0 Å². The van der Waals surface area contributed by atoms with Crippen molar-refractivity contribution in [3.8, 4) is 0 Å². The second-order valence-corrected chi connectivity index (χ2v) is 0. The summed E-state index contributed by atoms with van der Waals surface area (Å²) in [7, 11) is 0. The van der Waals surface area contributed by atoms with E-state index in [0.29, 0.717) is 0 Å². The average Bonchev–Trinajstić information content (AvgIpc) is 0. The van der Waals surface area contributed by atoms with Gasteiger partial charge in [0.25, 0.3) is 0 Å². The topological polar surface area (TPSA) is 0 Å². The molecule has 5 heavy (non-hydrogen) atoms. The zero-order valence-corrected chi connectivity index (χ0v) is 11.4. The fourth-order valence-corrected chi connectivity index (χ4v) is 0. The summed E-state index contributed by atoms with van der Waals surface area (Å²) in [6, 6.07) is 0. The Balaban J connectivity index is 0. The van der Waals surface area contributed by atoms with Gasteiger partial charge < -0.3 is 0 Å². The fraction of sp³-hybridized carbons (Fsp3) is 0. The van der Waals surface area contributed by atoms with Gasteiger partial charge in [-0.1, -0.05) is 0 Å². The van der Waals surface area contributed by atoms with Crippen LogP contribution < -0.4 is 0 Å². The van der Waals surface area contributed by atoms with E-state index in [4.69, 9.17) is 0 Å². The maximum Gasteiger partial charge on any atom is 0 e. The molecule has 0 unspecified atom stereocenters. The first kappa shape index (κ1) is 41.4. The Morgan fingerprint density at radius 1 is 1.00 bits per heavy atom. The predicted molar refractivity (Wildman–Crippen MR) is 11.3 cm³/mol. The molecule has 0 bridgehead atoms. The molecule has 0 aliphatic rings. The smallest absolute Gasteiger partial charge is 0 e. The molecule has 0 aliphatic carbocycles. The molecule has 0 nitrogen and oxygen atoms in total. The summed E-state index contributed by atoms with van der Waals surface area (Å²) in [6.45, 7) is 0. The second kappa shape index (κ2) is 27.0. The summed E-state index contributed by atoms with van der Waals surface area (Å²) in [4.78, 5) is 0. The van der Waals surface area contributed by atoms with E-state index in [2.05, 4.69) is 0 Å². The minimum absolute atomic E-state index is 0. The molecule has 29 valence electrons. The molecule has 5 heteroatoms. The van der Waals surface area contributed by atoms with Gasteiger partial charge >= 0.3 is 0 Å². The Labute approximate surface area is 99.8 Å². The van der Waals surface area contributed by atoms with Crippen LogP contribution >= 0.6 is 0 Å². The monoisotopic (exact) mass is 497 g/mol. The van der Waals surface area contributed by atoms with Crippen molar-refractivity contribution in [2.75, 3.05) is 0 Å². The van der Waals surface area contributed by atoms with Gasteiger partial charge in [-0.05, 0) is 11.0 Å². The molecule has 0 aromatic rings. The first-order valence-corrected chi connectivity index (χ1v) is 0. The van der Waals surface area contributed by atoms with Crippen molar-refractivity contribution < 1.29 is 90.7 Å². The van der Waals surface area contributed by atoms with E-state index in [0.717, 1.165) is 0 Å². The maximum atomic E-state index is 0. The Morgan fingerprint density at radius 2 is 1.00 bits per heavy atom. The molecule has 0 fully saturated rings. The van der Waals surface area contributed by atoms with Crippen LogP contribution in [0, 0.1) is 0 Å². The van der Waals surface area contributed by atoms with Crippen molar-refractivity contribution in [3.63, 3.8) is 0 Å². The van der Waals surface area contributed by atoms with Crippen LogP contribution in [-0.4, -0.2) is 11.0 Å². The molecule has 0 amide bonds. The van der Waals surface area contributed by atoms with E-state index >= 15 is 0 Å². The van der Waals surface area contributed by atoms with Gasteiger partial charge in [-0.25, -0.2) is 0 Å². The van der Waals surface area contributed by atoms with Crippen molar-refractivity contribution in [1.29, 1.82) is 0 Å². The Hall–Kier alpha value is 3.22. The molecular weight excluding hydrogens is 492 g/mol. The Kier molecular flexibility index (Phi) is 223. The van der Waals surface area contributed by atoms with Crippen molar-refractivity contribution in [2.24, 2.45) is 0 Å². The third-order valence-corrected chi connectivity index (χ3v) is 0. The van der Waals surface area contributed by atoms with Crippen molar-refractivity contribution in [2.45, 2.75) is 0 Å². The normalized spacial score (nSPS) is 0. The quantitative estimate of drug-likeness (QED) is 0.360. The molecule has 0 aromatic heterocycles. The first-order chi connectivity index (χ1) is 0. The summed E-state index contributed by atoms with van der Waals surface area (Å²) < 4.78 is 0. The van der Waals surface area contributed by atoms with Gasteiger partial charge in [0.05, 0.1) is 0 Å². The average molecular weight is 496 g/mol. The Morgan fingerprint density at radius 3 is 1.00 bits per heavy atom. The van der Waals surface area contributed by atoms with E-state index in [1.165, 1.54) is 0 Å². The fourth-order valence-electron chi connectivity index (χ4n) is 0. The molecule has 1 radical (unpaired) electrons. The SMILES string of the molecule is [Mo].[Nb].[SiH4].[W].[Zr]. The summed E-state index contributed by atoms with van der Waals surface area (Å²) in [5.41, 5.74) is 0. The van der Waals surface area contributed by atoms with E-state index < -0.39 is 0 Å². The zero-order chi connectivity index (χ0) is 0. The van der Waals surface area contributed by atoms with Gasteiger partial charge in [-0.15, -0.1) is 0 Å². The number of hydrogen-bond donors (Lipinski definition) is 0. The minimum Gasteiger partial charge on any atom is -0.0149 e. The van der Waals surface area contributed by atoms with Crippen LogP contribution in [0.1, 0.15) is 0 Å². The van der Waals surface area contributed by atoms with Crippen LogP contribution in [0.5, 0.6) is 0 Å². The molecule has 0 rings (SSSR count). The molecule has 0 N–H and O–H groups in total. The van der Waals surface area contributed by atoms with Gasteiger partial charge in [0, 0.05) is 90.7 Å². The van der Waals surface area contributed by atoms with Crippen LogP contribution in [0.15, 0.2) is 0 Å². The molecular formula is H4MoNbSiWZr. The van der Waals surface area contributed by atoms with Crippen molar-refractivity contribution >= 4 is 11.0 Å². The van der Waals surface area contributed by atoms with Gasteiger partial charge in [0.1, 0.15) is 0 Å². The largest absolute Gasteiger partial charge is 0.0149 e. The van der Waals surface area contributed by atoms with Gasteiger partial charge in [-0.3, -0.25) is 0 Å². The number of hydrogen-bond acceptors (Lipinski definition) is 0. The van der Waals surface area contributed by atoms with Gasteiger partial charge in [0.2, 0.25) is 0 Å². The third-order valence-electron chi connectivity index (χ3n) is 0. The zero-order valence-electron chi connectivity index (χ0n) is 1.76. The van der Waals surface area contributed by atoms with Crippen LogP contribution in [0.4, 0.5) is 0 Å². The number of rotatable bonds is 0. The first-order valence-electron chi connectivity index (χ1n) is 0. The Bertz CT molecular complexity index is 11.6. The van der Waals surface area contributed by atoms with E-state index in [9.17, 15) is 0 Å². The summed E-state index contributed by atoms with van der Waals surface area (Å²) in [6.07, 6.45) is 0. The minimum atomic E-state index is 0. The molecule has 0 saturated heterocycles. The molecule has 0 aromatic carbocycles. The molecule has 0 spiro atoms. The van der Waals surface area contributed by atoms with E-state index in [1.807, 2.05) is 0 Å². The van der Waals surface area contributed by atoms with E-state index in [-0.39, 0.29) is 102 Å². The van der Waals surface area contributed by atoms with Crippen molar-refractivity contribution in [1.82, 2.24) is 0 Å². The third kappa shape index (κ3) is 19.0. The molecule has 0 aliphatic heterocycles. The van der Waals surface area contributed by atoms with Crippen molar-refractivity contribution in [3.05, 3.63) is 0 Å². The van der Waals surface area contributed by atoms with E-state index in [1.54, 1.807) is 0 Å². The summed E-state index contributed by atoms with van der Waals surface area (Å²) >= 11 is 0. The molecule has 0 atom stereocenters. The predicted octanol–water partition coefficient (Wildman–Crippen LogP) is -1.46. The van der Waals surface area contributed by atoms with Crippen LogP contribution in [0.2, 0.25) is 0 Å².